The maximum atomic E-state index is 12.6. The summed E-state index contributed by atoms with van der Waals surface area (Å²) in [6.45, 7) is 4.10. The molecule has 2 aromatic rings. The molecule has 1 atom stereocenters. The minimum absolute atomic E-state index is 0.201. The van der Waals surface area contributed by atoms with E-state index < -0.39 is 20.5 Å². The largest absolute Gasteiger partial charge is 0.345 e. The fourth-order valence-electron chi connectivity index (χ4n) is 2.58. The first-order chi connectivity index (χ1) is 12.2. The second kappa shape index (κ2) is 8.40. The van der Waals surface area contributed by atoms with Gasteiger partial charge in [0.1, 0.15) is 0 Å². The van der Waals surface area contributed by atoms with E-state index in [1.54, 1.807) is 0 Å². The molecule has 0 bridgehead atoms. The highest BCUT2D eigenvalue weighted by atomic mass is 32.2. The van der Waals surface area contributed by atoms with Gasteiger partial charge in [0.2, 0.25) is 9.84 Å². The molecule has 2 aromatic carbocycles. The van der Waals surface area contributed by atoms with Crippen molar-refractivity contribution in [2.75, 3.05) is 0 Å². The third kappa shape index (κ3) is 4.88. The van der Waals surface area contributed by atoms with Crippen molar-refractivity contribution in [3.05, 3.63) is 65.7 Å². The van der Waals surface area contributed by atoms with Gasteiger partial charge in [-0.1, -0.05) is 44.2 Å². The van der Waals surface area contributed by atoms with E-state index in [0.29, 0.717) is 5.92 Å². The van der Waals surface area contributed by atoms with E-state index in [4.69, 9.17) is 0 Å². The molecule has 0 unspecified atom stereocenters. The first-order valence-electron chi connectivity index (χ1n) is 8.19. The maximum Gasteiger partial charge on any atom is 0.341 e. The summed E-state index contributed by atoms with van der Waals surface area (Å²) in [7, 11) is -4.67. The van der Waals surface area contributed by atoms with Crippen LogP contribution >= 0.6 is 0 Å². The van der Waals surface area contributed by atoms with Crippen molar-refractivity contribution >= 4 is 15.7 Å². The molecule has 0 saturated heterocycles. The van der Waals surface area contributed by atoms with Gasteiger partial charge in [-0.15, -0.1) is 0 Å². The molecule has 4 nitrogen and oxygen atoms in total. The fraction of sp³-hybridized carbons (Fsp3) is 0.316. The first kappa shape index (κ1) is 20.0. The molecule has 7 heteroatoms. The van der Waals surface area contributed by atoms with Gasteiger partial charge in [0.25, 0.3) is 5.91 Å². The highest BCUT2D eigenvalue weighted by Crippen LogP contribution is 2.22. The maximum absolute atomic E-state index is 12.6. The van der Waals surface area contributed by atoms with Crippen LogP contribution in [0.25, 0.3) is 0 Å². The summed E-state index contributed by atoms with van der Waals surface area (Å²) in [4.78, 5) is 12.0. The number of rotatable bonds is 7. The van der Waals surface area contributed by atoms with Gasteiger partial charge in [0, 0.05) is 5.56 Å². The minimum Gasteiger partial charge on any atom is -0.345 e. The van der Waals surface area contributed by atoms with Gasteiger partial charge < -0.3 is 5.32 Å². The molecule has 1 amide bonds. The Bertz CT molecular complexity index is 835. The molecule has 0 aliphatic rings. The third-order valence-electron chi connectivity index (χ3n) is 3.89. The molecule has 26 heavy (non-hydrogen) atoms. The normalized spacial score (nSPS) is 13.0. The Kier molecular flexibility index (Phi) is 6.47. The number of halogens is 2. The third-order valence-corrected chi connectivity index (χ3v) is 5.29. The lowest BCUT2D eigenvalue weighted by Gasteiger charge is -2.21. The van der Waals surface area contributed by atoms with E-state index in [1.165, 1.54) is 12.1 Å². The van der Waals surface area contributed by atoms with E-state index in [-0.39, 0.29) is 17.5 Å². The Hall–Kier alpha value is -2.28. The summed E-state index contributed by atoms with van der Waals surface area (Å²) in [5, 5.41) is 2.93. The van der Waals surface area contributed by atoms with Crippen molar-refractivity contribution in [3.8, 4) is 0 Å². The fourth-order valence-corrected chi connectivity index (χ4v) is 3.30. The Morgan fingerprint density at radius 1 is 1.00 bits per heavy atom. The van der Waals surface area contributed by atoms with Gasteiger partial charge in [-0.2, -0.15) is 8.78 Å². The molecule has 0 aliphatic carbocycles. The molecule has 0 fully saturated rings. The summed E-state index contributed by atoms with van der Waals surface area (Å²) < 4.78 is 48.0. The van der Waals surface area contributed by atoms with Crippen molar-refractivity contribution < 1.29 is 22.0 Å². The van der Waals surface area contributed by atoms with Gasteiger partial charge in [-0.25, -0.2) is 8.42 Å². The van der Waals surface area contributed by atoms with E-state index in [2.05, 4.69) is 5.32 Å². The second-order valence-corrected chi connectivity index (χ2v) is 8.31. The molecule has 0 spiro atoms. The summed E-state index contributed by atoms with van der Waals surface area (Å²) in [5.41, 5.74) is 1.18. The van der Waals surface area contributed by atoms with Crippen LogP contribution < -0.4 is 5.32 Å². The van der Waals surface area contributed by atoms with Crippen LogP contribution in [0.4, 0.5) is 8.78 Å². The van der Waals surface area contributed by atoms with Gasteiger partial charge in [0.15, 0.2) is 0 Å². The van der Waals surface area contributed by atoms with Crippen molar-refractivity contribution in [1.29, 1.82) is 0 Å². The van der Waals surface area contributed by atoms with Crippen LogP contribution in [-0.2, 0) is 9.84 Å². The van der Waals surface area contributed by atoms with Crippen LogP contribution in [0.3, 0.4) is 0 Å². The molecule has 0 saturated carbocycles. The monoisotopic (exact) mass is 381 g/mol. The average Bonchev–Trinajstić information content (AvgIpc) is 2.61. The van der Waals surface area contributed by atoms with Crippen LogP contribution in [0.15, 0.2) is 59.5 Å². The summed E-state index contributed by atoms with van der Waals surface area (Å²) in [5.74, 6) is -3.53. The zero-order chi connectivity index (χ0) is 19.3. The highest BCUT2D eigenvalue weighted by Gasteiger charge is 2.26. The lowest BCUT2D eigenvalue weighted by Crippen LogP contribution is -2.29. The summed E-state index contributed by atoms with van der Waals surface area (Å²) >= 11 is 0. The van der Waals surface area contributed by atoms with Crippen molar-refractivity contribution in [1.82, 2.24) is 5.32 Å². The zero-order valence-electron chi connectivity index (χ0n) is 14.5. The molecule has 140 valence electrons. The van der Waals surface area contributed by atoms with Crippen LogP contribution in [0.2, 0.25) is 0 Å². The van der Waals surface area contributed by atoms with E-state index in [0.717, 1.165) is 24.1 Å². The van der Waals surface area contributed by atoms with Crippen LogP contribution in [0.1, 0.15) is 42.2 Å². The first-order valence-corrected chi connectivity index (χ1v) is 9.74. The van der Waals surface area contributed by atoms with Crippen molar-refractivity contribution in [3.63, 3.8) is 0 Å². The summed E-state index contributed by atoms with van der Waals surface area (Å²) in [6.07, 6.45) is 0.730. The van der Waals surface area contributed by atoms with Crippen LogP contribution in [-0.4, -0.2) is 20.1 Å². The predicted molar refractivity (Wildman–Crippen MR) is 95.7 cm³/mol. The molecular formula is C19H21F2NO3S. The predicted octanol–water partition coefficient (Wildman–Crippen LogP) is 4.20. The topological polar surface area (TPSA) is 63.2 Å². The Morgan fingerprint density at radius 2 is 1.58 bits per heavy atom. The minimum atomic E-state index is -4.67. The standard InChI is InChI=1S/C19H21F2NO3S/c1-13(2)12-17(14-6-4-3-5-7-14)22-18(23)15-8-10-16(11-9-15)26(24,25)19(20)21/h3-11,13,17,19H,12H2,1-2H3,(H,22,23)/t17-/m1/s1. The van der Waals surface area contributed by atoms with E-state index in [1.807, 2.05) is 44.2 Å². The van der Waals surface area contributed by atoms with Crippen LogP contribution in [0.5, 0.6) is 0 Å². The smallest absolute Gasteiger partial charge is 0.341 e. The van der Waals surface area contributed by atoms with Crippen molar-refractivity contribution in [2.24, 2.45) is 5.92 Å². The van der Waals surface area contributed by atoms with Crippen LogP contribution in [0, 0.1) is 5.92 Å². The number of hydrogen-bond acceptors (Lipinski definition) is 3. The zero-order valence-corrected chi connectivity index (χ0v) is 15.3. The lowest BCUT2D eigenvalue weighted by molar-refractivity contribution is 0.0932. The second-order valence-electron chi connectivity index (χ2n) is 6.40. The molecular weight excluding hydrogens is 360 g/mol. The quantitative estimate of drug-likeness (QED) is 0.782. The average molecular weight is 381 g/mol. The summed E-state index contributed by atoms with van der Waals surface area (Å²) in [6, 6.07) is 13.8. The van der Waals surface area contributed by atoms with E-state index >= 15 is 0 Å². The Balaban J connectivity index is 2.19. The number of amides is 1. The number of benzene rings is 2. The van der Waals surface area contributed by atoms with Gasteiger partial charge in [-0.05, 0) is 42.2 Å². The molecule has 2 rings (SSSR count). The highest BCUT2D eigenvalue weighted by molar-refractivity contribution is 7.91. The van der Waals surface area contributed by atoms with E-state index in [9.17, 15) is 22.0 Å². The number of sulfone groups is 1. The van der Waals surface area contributed by atoms with Crippen molar-refractivity contribution in [2.45, 2.75) is 37.0 Å². The van der Waals surface area contributed by atoms with Gasteiger partial charge in [0.05, 0.1) is 10.9 Å². The molecule has 0 aromatic heterocycles. The van der Waals surface area contributed by atoms with Gasteiger partial charge >= 0.3 is 5.76 Å². The molecule has 0 aliphatic heterocycles. The number of hydrogen-bond donors (Lipinski definition) is 1. The Labute approximate surface area is 152 Å². The molecule has 0 heterocycles. The molecule has 1 N–H and O–H groups in total. The van der Waals surface area contributed by atoms with Gasteiger partial charge in [-0.3, -0.25) is 4.79 Å². The number of carbonyl (C=O) groups excluding carboxylic acids is 1. The number of alkyl halides is 2. The number of carbonyl (C=O) groups is 1. The Morgan fingerprint density at radius 3 is 2.08 bits per heavy atom. The lowest BCUT2D eigenvalue weighted by atomic mass is 9.96. The molecule has 0 radical (unpaired) electrons. The number of nitrogens with one attached hydrogen (secondary N) is 1. The SMILES string of the molecule is CC(C)C[C@@H](NC(=O)c1ccc(S(=O)(=O)C(F)F)cc1)c1ccccc1.